The molecule has 1 aromatic carbocycles. The van der Waals surface area contributed by atoms with Crippen LogP contribution < -0.4 is 10.1 Å². The second-order valence-corrected chi connectivity index (χ2v) is 4.78. The number of carbonyl (C=O) groups is 1. The normalized spacial score (nSPS) is 16.1. The van der Waals surface area contributed by atoms with Gasteiger partial charge < -0.3 is 15.0 Å². The highest BCUT2D eigenvalue weighted by Gasteiger charge is 2.16. The molecule has 1 aromatic rings. The first kappa shape index (κ1) is 12.4. The lowest BCUT2D eigenvalue weighted by molar-refractivity contribution is -0.132. The van der Waals surface area contributed by atoms with Crippen LogP contribution in [0.1, 0.15) is 0 Å². The van der Waals surface area contributed by atoms with Crippen LogP contribution in [-0.4, -0.2) is 43.6 Å². The first-order chi connectivity index (χ1) is 8.25. The maximum atomic E-state index is 11.5. The Labute approximate surface area is 109 Å². The van der Waals surface area contributed by atoms with Crippen LogP contribution in [0.5, 0.6) is 5.75 Å². The van der Waals surface area contributed by atoms with Crippen molar-refractivity contribution >= 4 is 21.8 Å². The molecule has 1 saturated heterocycles. The molecule has 0 unspecified atom stereocenters. The summed E-state index contributed by atoms with van der Waals surface area (Å²) in [5.41, 5.74) is 0. The fraction of sp³-hybridized carbons (Fsp3) is 0.417. The number of piperazine rings is 1. The summed E-state index contributed by atoms with van der Waals surface area (Å²) >= 11 is 3.39. The van der Waals surface area contributed by atoms with Crippen molar-refractivity contribution in [3.05, 3.63) is 28.7 Å². The molecule has 92 valence electrons. The van der Waals surface area contributed by atoms with Crippen LogP contribution in [0.4, 0.5) is 0 Å². The molecule has 0 bridgehead atoms. The minimum atomic E-state index is 0.147. The summed E-state index contributed by atoms with van der Waals surface area (Å²) in [6, 6.07) is 7.70. The standard InChI is InChI=1S/C12H15BrN2O2/c13-10-2-1-3-11(8-10)17-7-6-15-5-4-14-9-12(15)16/h1-3,8,14H,4-7,9H2. The molecule has 2 rings (SSSR count). The predicted molar refractivity (Wildman–Crippen MR) is 69.1 cm³/mol. The number of rotatable bonds is 4. The molecule has 1 heterocycles. The number of nitrogens with one attached hydrogen (secondary N) is 1. The minimum absolute atomic E-state index is 0.147. The number of ether oxygens (including phenoxy) is 1. The van der Waals surface area contributed by atoms with Crippen molar-refractivity contribution in [3.63, 3.8) is 0 Å². The molecule has 1 aliphatic rings. The van der Waals surface area contributed by atoms with Crippen molar-refractivity contribution < 1.29 is 9.53 Å². The molecule has 5 heteroatoms. The van der Waals surface area contributed by atoms with Crippen LogP contribution >= 0.6 is 15.9 Å². The van der Waals surface area contributed by atoms with Gasteiger partial charge in [-0.3, -0.25) is 4.79 Å². The smallest absolute Gasteiger partial charge is 0.236 e. The van der Waals surface area contributed by atoms with Crippen molar-refractivity contribution in [1.82, 2.24) is 10.2 Å². The largest absolute Gasteiger partial charge is 0.492 e. The van der Waals surface area contributed by atoms with Crippen LogP contribution in [0.3, 0.4) is 0 Å². The first-order valence-corrected chi connectivity index (χ1v) is 6.42. The summed E-state index contributed by atoms with van der Waals surface area (Å²) in [4.78, 5) is 13.3. The molecule has 1 aliphatic heterocycles. The van der Waals surface area contributed by atoms with Gasteiger partial charge in [-0.25, -0.2) is 0 Å². The lowest BCUT2D eigenvalue weighted by Crippen LogP contribution is -2.49. The number of benzene rings is 1. The summed E-state index contributed by atoms with van der Waals surface area (Å²) in [6.07, 6.45) is 0. The Kier molecular flexibility index (Phi) is 4.39. The molecule has 17 heavy (non-hydrogen) atoms. The summed E-state index contributed by atoms with van der Waals surface area (Å²) in [5, 5.41) is 3.04. The predicted octanol–water partition coefficient (Wildman–Crippen LogP) is 1.26. The summed E-state index contributed by atoms with van der Waals surface area (Å²) in [6.45, 7) is 3.25. The number of hydrogen-bond donors (Lipinski definition) is 1. The van der Waals surface area contributed by atoms with E-state index in [1.165, 1.54) is 0 Å². The van der Waals surface area contributed by atoms with Gasteiger partial charge in [0.05, 0.1) is 13.1 Å². The van der Waals surface area contributed by atoms with E-state index in [2.05, 4.69) is 21.2 Å². The van der Waals surface area contributed by atoms with Gasteiger partial charge in [0.1, 0.15) is 12.4 Å². The van der Waals surface area contributed by atoms with Gasteiger partial charge >= 0.3 is 0 Å². The van der Waals surface area contributed by atoms with E-state index in [0.29, 0.717) is 19.7 Å². The van der Waals surface area contributed by atoms with Crippen molar-refractivity contribution in [2.75, 3.05) is 32.8 Å². The van der Waals surface area contributed by atoms with Crippen molar-refractivity contribution in [1.29, 1.82) is 0 Å². The average Bonchev–Trinajstić information content (AvgIpc) is 2.32. The Morgan fingerprint density at radius 1 is 1.47 bits per heavy atom. The maximum Gasteiger partial charge on any atom is 0.236 e. The highest BCUT2D eigenvalue weighted by molar-refractivity contribution is 9.10. The number of halogens is 1. The zero-order valence-corrected chi connectivity index (χ0v) is 11.1. The fourth-order valence-electron chi connectivity index (χ4n) is 1.71. The average molecular weight is 299 g/mol. The lowest BCUT2D eigenvalue weighted by Gasteiger charge is -2.27. The Balaban J connectivity index is 1.77. The van der Waals surface area contributed by atoms with E-state index in [-0.39, 0.29) is 5.91 Å². The zero-order chi connectivity index (χ0) is 12.1. The van der Waals surface area contributed by atoms with Crippen molar-refractivity contribution in [2.24, 2.45) is 0 Å². The number of nitrogens with zero attached hydrogens (tertiary/aromatic N) is 1. The van der Waals surface area contributed by atoms with Crippen LogP contribution in [0.15, 0.2) is 28.7 Å². The molecule has 1 N–H and O–H groups in total. The minimum Gasteiger partial charge on any atom is -0.492 e. The quantitative estimate of drug-likeness (QED) is 0.910. The van der Waals surface area contributed by atoms with Crippen LogP contribution in [0.2, 0.25) is 0 Å². The second-order valence-electron chi connectivity index (χ2n) is 3.86. The first-order valence-electron chi connectivity index (χ1n) is 5.62. The molecule has 0 aliphatic carbocycles. The number of amides is 1. The Morgan fingerprint density at radius 3 is 3.12 bits per heavy atom. The Bertz CT molecular complexity index is 398. The third-order valence-electron chi connectivity index (χ3n) is 2.61. The van der Waals surface area contributed by atoms with E-state index in [0.717, 1.165) is 23.3 Å². The second kappa shape index (κ2) is 6.02. The highest BCUT2D eigenvalue weighted by Crippen LogP contribution is 2.17. The van der Waals surface area contributed by atoms with E-state index in [1.807, 2.05) is 29.2 Å². The summed E-state index contributed by atoms with van der Waals surface area (Å²) in [5.74, 6) is 0.969. The van der Waals surface area contributed by atoms with Gasteiger partial charge in [-0.1, -0.05) is 22.0 Å². The van der Waals surface area contributed by atoms with Gasteiger partial charge in [0.15, 0.2) is 0 Å². The monoisotopic (exact) mass is 298 g/mol. The fourth-order valence-corrected chi connectivity index (χ4v) is 2.09. The van der Waals surface area contributed by atoms with E-state index in [1.54, 1.807) is 0 Å². The molecular weight excluding hydrogens is 284 g/mol. The zero-order valence-electron chi connectivity index (χ0n) is 9.49. The van der Waals surface area contributed by atoms with Gasteiger partial charge in [-0.05, 0) is 18.2 Å². The molecule has 1 amide bonds. The number of hydrogen-bond acceptors (Lipinski definition) is 3. The van der Waals surface area contributed by atoms with E-state index < -0.39 is 0 Å². The SMILES string of the molecule is O=C1CNCCN1CCOc1cccc(Br)c1. The van der Waals surface area contributed by atoms with Gasteiger partial charge in [0.25, 0.3) is 0 Å². The van der Waals surface area contributed by atoms with Crippen molar-refractivity contribution in [2.45, 2.75) is 0 Å². The van der Waals surface area contributed by atoms with Crippen molar-refractivity contribution in [3.8, 4) is 5.75 Å². The third-order valence-corrected chi connectivity index (χ3v) is 3.11. The topological polar surface area (TPSA) is 41.6 Å². The molecule has 0 aromatic heterocycles. The lowest BCUT2D eigenvalue weighted by atomic mass is 10.3. The molecule has 0 atom stereocenters. The van der Waals surface area contributed by atoms with Gasteiger partial charge in [0, 0.05) is 17.6 Å². The summed E-state index contributed by atoms with van der Waals surface area (Å²) < 4.78 is 6.59. The van der Waals surface area contributed by atoms with Gasteiger partial charge in [0.2, 0.25) is 5.91 Å². The molecule has 0 saturated carbocycles. The molecule has 4 nitrogen and oxygen atoms in total. The number of carbonyl (C=O) groups excluding carboxylic acids is 1. The van der Waals surface area contributed by atoms with E-state index in [4.69, 9.17) is 4.74 Å². The summed E-state index contributed by atoms with van der Waals surface area (Å²) in [7, 11) is 0. The Morgan fingerprint density at radius 2 is 2.35 bits per heavy atom. The van der Waals surface area contributed by atoms with E-state index in [9.17, 15) is 4.79 Å². The maximum absolute atomic E-state index is 11.5. The van der Waals surface area contributed by atoms with Gasteiger partial charge in [-0.2, -0.15) is 0 Å². The molecular formula is C12H15BrN2O2. The molecule has 0 radical (unpaired) electrons. The van der Waals surface area contributed by atoms with Crippen LogP contribution in [0.25, 0.3) is 0 Å². The van der Waals surface area contributed by atoms with Gasteiger partial charge in [-0.15, -0.1) is 0 Å². The molecule has 1 fully saturated rings. The van der Waals surface area contributed by atoms with E-state index >= 15 is 0 Å². The van der Waals surface area contributed by atoms with Crippen LogP contribution in [0, 0.1) is 0 Å². The molecule has 0 spiro atoms. The Hall–Kier alpha value is -1.07. The van der Waals surface area contributed by atoms with Crippen LogP contribution in [-0.2, 0) is 4.79 Å². The third kappa shape index (κ3) is 3.71. The highest BCUT2D eigenvalue weighted by atomic mass is 79.9.